The van der Waals surface area contributed by atoms with Gasteiger partial charge in [-0.2, -0.15) is 0 Å². The molecule has 2 rings (SSSR count). The second-order valence-electron chi connectivity index (χ2n) is 7.80. The summed E-state index contributed by atoms with van der Waals surface area (Å²) in [6.45, 7) is 9.03. The molecule has 1 heterocycles. The number of thiazole rings is 1. The number of ether oxygens (including phenoxy) is 1. The summed E-state index contributed by atoms with van der Waals surface area (Å²) >= 11 is 13.6. The molecule has 0 aliphatic heterocycles. The molecular formula is C20H23Cl2NO3S. The van der Waals surface area contributed by atoms with Crippen molar-refractivity contribution in [3.63, 3.8) is 0 Å². The van der Waals surface area contributed by atoms with Crippen molar-refractivity contribution in [2.45, 2.75) is 58.5 Å². The number of carbonyl (C=O) groups is 2. The summed E-state index contributed by atoms with van der Waals surface area (Å²) in [7, 11) is 0. The van der Waals surface area contributed by atoms with Crippen molar-refractivity contribution in [2.24, 2.45) is 0 Å². The highest BCUT2D eigenvalue weighted by Gasteiger charge is 2.32. The molecule has 0 unspecified atom stereocenters. The van der Waals surface area contributed by atoms with Gasteiger partial charge in [0, 0.05) is 22.4 Å². The Kier molecular flexibility index (Phi) is 6.72. The van der Waals surface area contributed by atoms with E-state index >= 15 is 0 Å². The monoisotopic (exact) mass is 427 g/mol. The van der Waals surface area contributed by atoms with Crippen LogP contribution in [0.25, 0.3) is 10.6 Å². The average Bonchev–Trinajstić information content (AvgIpc) is 3.01. The molecular weight excluding hydrogens is 405 g/mol. The third-order valence-electron chi connectivity index (χ3n) is 3.98. The molecule has 0 saturated carbocycles. The van der Waals surface area contributed by atoms with Crippen molar-refractivity contribution in [2.75, 3.05) is 0 Å². The lowest BCUT2D eigenvalue weighted by Gasteiger charge is -2.22. The standard InChI is InChI=1S/C20H23Cl2NO3S/c1-19(2,3)26-17(25)9-8-16(24)20(4,5)15-11-27-18(23-15)13-7-6-12(21)10-14(13)22/h6-7,10-11H,8-9H2,1-5H3. The molecule has 146 valence electrons. The van der Waals surface area contributed by atoms with Gasteiger partial charge in [0.1, 0.15) is 16.4 Å². The van der Waals surface area contributed by atoms with Crippen LogP contribution < -0.4 is 0 Å². The lowest BCUT2D eigenvalue weighted by molar-refractivity contribution is -0.155. The summed E-state index contributed by atoms with van der Waals surface area (Å²) in [4.78, 5) is 29.2. The van der Waals surface area contributed by atoms with Gasteiger partial charge in [-0.15, -0.1) is 11.3 Å². The Morgan fingerprint density at radius 3 is 2.37 bits per heavy atom. The van der Waals surface area contributed by atoms with E-state index in [0.717, 1.165) is 10.6 Å². The second-order valence-corrected chi connectivity index (χ2v) is 9.50. The van der Waals surface area contributed by atoms with Gasteiger partial charge in [-0.3, -0.25) is 9.59 Å². The Labute approximate surface area is 173 Å². The number of Topliss-reactive ketones (excluding diaryl/α,β-unsaturated/α-hetero) is 1. The van der Waals surface area contributed by atoms with Gasteiger partial charge in [-0.1, -0.05) is 23.2 Å². The third kappa shape index (κ3) is 5.77. The number of rotatable bonds is 6. The number of halogens is 2. The zero-order valence-electron chi connectivity index (χ0n) is 16.1. The lowest BCUT2D eigenvalue weighted by Crippen LogP contribution is -2.31. The maximum absolute atomic E-state index is 12.7. The van der Waals surface area contributed by atoms with Gasteiger partial charge in [-0.05, 0) is 52.8 Å². The molecule has 27 heavy (non-hydrogen) atoms. The van der Waals surface area contributed by atoms with E-state index in [9.17, 15) is 9.59 Å². The Morgan fingerprint density at radius 2 is 1.78 bits per heavy atom. The molecule has 0 spiro atoms. The Bertz CT molecular complexity index is 853. The molecule has 0 bridgehead atoms. The first-order valence-electron chi connectivity index (χ1n) is 8.57. The summed E-state index contributed by atoms with van der Waals surface area (Å²) < 4.78 is 5.26. The predicted molar refractivity (Wildman–Crippen MR) is 111 cm³/mol. The lowest BCUT2D eigenvalue weighted by atomic mass is 9.83. The van der Waals surface area contributed by atoms with Crippen molar-refractivity contribution in [1.82, 2.24) is 4.98 Å². The van der Waals surface area contributed by atoms with Crippen LogP contribution in [-0.2, 0) is 19.7 Å². The van der Waals surface area contributed by atoms with Crippen LogP contribution in [-0.4, -0.2) is 22.3 Å². The summed E-state index contributed by atoms with van der Waals surface area (Å²) in [6.07, 6.45) is 0.163. The zero-order chi connectivity index (χ0) is 20.4. The number of ketones is 1. The predicted octanol–water partition coefficient (Wildman–Crippen LogP) is 6.09. The van der Waals surface area contributed by atoms with Gasteiger partial charge in [0.15, 0.2) is 0 Å². The SMILES string of the molecule is CC(C)(C)OC(=O)CCC(=O)C(C)(C)c1csc(-c2ccc(Cl)cc2Cl)n1. The van der Waals surface area contributed by atoms with Crippen LogP contribution in [0.1, 0.15) is 53.2 Å². The summed E-state index contributed by atoms with van der Waals surface area (Å²) in [6, 6.07) is 5.22. The van der Waals surface area contributed by atoms with Gasteiger partial charge in [-0.25, -0.2) is 4.98 Å². The Hall–Kier alpha value is -1.43. The minimum atomic E-state index is -0.810. The number of hydrogen-bond acceptors (Lipinski definition) is 5. The van der Waals surface area contributed by atoms with E-state index in [0.29, 0.717) is 15.7 Å². The topological polar surface area (TPSA) is 56.3 Å². The number of benzene rings is 1. The molecule has 1 aromatic carbocycles. The number of aromatic nitrogens is 1. The van der Waals surface area contributed by atoms with Crippen molar-refractivity contribution in [1.29, 1.82) is 0 Å². The minimum Gasteiger partial charge on any atom is -0.460 e. The zero-order valence-corrected chi connectivity index (χ0v) is 18.4. The van der Waals surface area contributed by atoms with Crippen LogP contribution in [0.15, 0.2) is 23.6 Å². The molecule has 0 atom stereocenters. The van der Waals surface area contributed by atoms with E-state index in [1.807, 2.05) is 25.3 Å². The van der Waals surface area contributed by atoms with E-state index in [4.69, 9.17) is 27.9 Å². The maximum atomic E-state index is 12.7. The molecule has 7 heteroatoms. The van der Waals surface area contributed by atoms with Crippen LogP contribution in [0.4, 0.5) is 0 Å². The normalized spacial score (nSPS) is 12.1. The average molecular weight is 428 g/mol. The summed E-state index contributed by atoms with van der Waals surface area (Å²) in [5.41, 5.74) is 0.0597. The quantitative estimate of drug-likeness (QED) is 0.523. The summed E-state index contributed by atoms with van der Waals surface area (Å²) in [5.74, 6) is -0.439. The molecule has 1 aromatic heterocycles. The largest absolute Gasteiger partial charge is 0.460 e. The highest BCUT2D eigenvalue weighted by Crippen LogP contribution is 2.35. The van der Waals surface area contributed by atoms with Crippen molar-refractivity contribution in [3.05, 3.63) is 39.3 Å². The molecule has 0 aliphatic rings. The van der Waals surface area contributed by atoms with Gasteiger partial charge in [0.05, 0.1) is 22.6 Å². The Morgan fingerprint density at radius 1 is 1.11 bits per heavy atom. The molecule has 0 aliphatic carbocycles. The maximum Gasteiger partial charge on any atom is 0.306 e. The van der Waals surface area contributed by atoms with Gasteiger partial charge in [0.2, 0.25) is 0 Å². The molecule has 0 N–H and O–H groups in total. The van der Waals surface area contributed by atoms with E-state index in [-0.39, 0.29) is 24.6 Å². The smallest absolute Gasteiger partial charge is 0.306 e. The molecule has 0 radical (unpaired) electrons. The van der Waals surface area contributed by atoms with E-state index in [2.05, 4.69) is 4.98 Å². The van der Waals surface area contributed by atoms with Gasteiger partial charge < -0.3 is 4.74 Å². The van der Waals surface area contributed by atoms with E-state index in [1.54, 1.807) is 32.9 Å². The third-order valence-corrected chi connectivity index (χ3v) is 5.40. The van der Waals surface area contributed by atoms with Crippen LogP contribution in [0.3, 0.4) is 0 Å². The highest BCUT2D eigenvalue weighted by molar-refractivity contribution is 7.13. The molecule has 0 fully saturated rings. The van der Waals surface area contributed by atoms with Crippen LogP contribution in [0.2, 0.25) is 10.0 Å². The van der Waals surface area contributed by atoms with Gasteiger partial charge in [0.25, 0.3) is 0 Å². The second kappa shape index (κ2) is 8.29. The van der Waals surface area contributed by atoms with Crippen molar-refractivity contribution < 1.29 is 14.3 Å². The number of carbonyl (C=O) groups excluding carboxylic acids is 2. The van der Waals surface area contributed by atoms with Crippen LogP contribution in [0.5, 0.6) is 0 Å². The molecule has 0 saturated heterocycles. The number of nitrogens with zero attached hydrogens (tertiary/aromatic N) is 1. The van der Waals surface area contributed by atoms with E-state index in [1.165, 1.54) is 11.3 Å². The van der Waals surface area contributed by atoms with Crippen LogP contribution in [0, 0.1) is 0 Å². The molecule has 4 nitrogen and oxygen atoms in total. The fourth-order valence-electron chi connectivity index (χ4n) is 2.41. The summed E-state index contributed by atoms with van der Waals surface area (Å²) in [5, 5.41) is 3.64. The molecule has 0 amide bonds. The fourth-order valence-corrected chi connectivity index (χ4v) is 3.99. The fraction of sp³-hybridized carbons (Fsp3) is 0.450. The van der Waals surface area contributed by atoms with Crippen molar-refractivity contribution in [3.8, 4) is 10.6 Å². The highest BCUT2D eigenvalue weighted by atomic mass is 35.5. The van der Waals surface area contributed by atoms with E-state index < -0.39 is 11.0 Å². The van der Waals surface area contributed by atoms with Gasteiger partial charge >= 0.3 is 5.97 Å². The first-order valence-corrected chi connectivity index (χ1v) is 10.2. The Balaban J connectivity index is 2.11. The van der Waals surface area contributed by atoms with Crippen molar-refractivity contribution >= 4 is 46.3 Å². The van der Waals surface area contributed by atoms with Crippen LogP contribution >= 0.6 is 34.5 Å². The number of hydrogen-bond donors (Lipinski definition) is 0. The minimum absolute atomic E-state index is 0.0551. The first kappa shape index (κ1) is 21.9. The molecule has 2 aromatic rings. The first-order chi connectivity index (χ1) is 12.4. The number of esters is 1.